The van der Waals surface area contributed by atoms with Crippen LogP contribution < -0.4 is 21.9 Å². The molecule has 0 aromatic heterocycles. The number of rotatable bonds is 22. The first kappa shape index (κ1) is 44.9. The maximum absolute atomic E-state index is 3.58. The second-order valence-corrected chi connectivity index (χ2v) is 18.8. The van der Waals surface area contributed by atoms with Crippen LogP contribution >= 0.6 is 31.9 Å². The number of halogens is 3. The van der Waals surface area contributed by atoms with E-state index in [2.05, 4.69) is 160 Å². The van der Waals surface area contributed by atoms with Gasteiger partial charge in [0.25, 0.3) is 0 Å². The Balaban J connectivity index is 0.00000600. The van der Waals surface area contributed by atoms with Crippen molar-refractivity contribution in [3.8, 4) is 0 Å². The largest absolute Gasteiger partial charge is 1.00 e. The van der Waals surface area contributed by atoms with Gasteiger partial charge in [-0.15, -0.1) is 0 Å². The first-order chi connectivity index (χ1) is 26.8. The molecule has 0 radical (unpaired) electrons. The van der Waals surface area contributed by atoms with E-state index in [4.69, 9.17) is 0 Å². The predicted octanol–water partition coefficient (Wildman–Crippen LogP) is 12.6. The Morgan fingerprint density at radius 2 is 1.05 bits per heavy atom. The third kappa shape index (κ3) is 10.3. The number of unbranched alkanes of at least 4 members (excludes halogenated alkanes) is 14. The maximum atomic E-state index is 3.58. The zero-order valence-corrected chi connectivity index (χ0v) is 39.6. The summed E-state index contributed by atoms with van der Waals surface area (Å²) in [5.74, 6) is 0. The standard InChI is InChI=1S/C51H67Br2N2.BrH/c1-50(2)46(54(38-23-15-11-7-5-9-13-21-36-52)44-34-32-40-26-17-19-28-42(40)48(44)50)30-25-31-47-51(3,4)49-43-29-20-18-27-41(43)33-35-45(49)55(47)39-24-16-12-8-6-10-14-22-37-53;/h17-20,25-35H,5-16,21-24,36-39H2,1-4H3;1H/q+1;/p-1. The molecule has 0 aliphatic carbocycles. The number of allylic oxidation sites excluding steroid dienone is 4. The first-order valence-electron chi connectivity index (χ1n) is 21.8. The predicted molar refractivity (Wildman–Crippen MR) is 250 cm³/mol. The zero-order chi connectivity index (χ0) is 38.7. The minimum absolute atomic E-state index is 0. The second kappa shape index (κ2) is 21.7. The van der Waals surface area contributed by atoms with Crippen molar-refractivity contribution < 1.29 is 21.6 Å². The SMILES string of the molecule is CC1(C)C(/C=C/C=C2\N(CCCCCCCCCCBr)c3ccc4ccccc4c3C2(C)C)=[N+](CCCCCCCCCCBr)c2ccc3ccccc3c21.[Br-]. The van der Waals surface area contributed by atoms with Crippen LogP contribution in [0.5, 0.6) is 0 Å². The summed E-state index contributed by atoms with van der Waals surface area (Å²) in [6.45, 7) is 11.9. The van der Waals surface area contributed by atoms with E-state index in [9.17, 15) is 0 Å². The molecule has 0 bridgehead atoms. The van der Waals surface area contributed by atoms with Crippen LogP contribution in [0.25, 0.3) is 21.5 Å². The van der Waals surface area contributed by atoms with E-state index in [1.807, 2.05) is 0 Å². The Morgan fingerprint density at radius 1 is 0.554 bits per heavy atom. The third-order valence-corrected chi connectivity index (χ3v) is 13.7. The molecule has 4 aromatic carbocycles. The molecule has 2 aliphatic rings. The molecule has 302 valence electrons. The fourth-order valence-electron chi connectivity index (χ4n) is 9.63. The van der Waals surface area contributed by atoms with E-state index in [1.165, 1.54) is 158 Å². The summed E-state index contributed by atoms with van der Waals surface area (Å²) in [7, 11) is 0. The lowest BCUT2D eigenvalue weighted by Crippen LogP contribution is -3.00. The van der Waals surface area contributed by atoms with Crippen molar-refractivity contribution in [2.24, 2.45) is 0 Å². The van der Waals surface area contributed by atoms with Crippen molar-refractivity contribution in [2.75, 3.05) is 28.6 Å². The average Bonchev–Trinajstić information content (AvgIpc) is 3.54. The lowest BCUT2D eigenvalue weighted by Gasteiger charge is -2.27. The van der Waals surface area contributed by atoms with Crippen LogP contribution in [-0.4, -0.2) is 34.0 Å². The van der Waals surface area contributed by atoms with Gasteiger partial charge in [0.2, 0.25) is 5.69 Å². The molecule has 0 spiro atoms. The third-order valence-electron chi connectivity index (χ3n) is 12.5. The van der Waals surface area contributed by atoms with E-state index >= 15 is 0 Å². The van der Waals surface area contributed by atoms with Crippen LogP contribution in [0.4, 0.5) is 11.4 Å². The van der Waals surface area contributed by atoms with Gasteiger partial charge in [-0.25, -0.2) is 0 Å². The van der Waals surface area contributed by atoms with Crippen molar-refractivity contribution in [1.82, 2.24) is 0 Å². The summed E-state index contributed by atoms with van der Waals surface area (Å²) in [5, 5.41) is 7.74. The van der Waals surface area contributed by atoms with Gasteiger partial charge in [-0.2, -0.15) is 4.58 Å². The van der Waals surface area contributed by atoms with E-state index in [1.54, 1.807) is 0 Å². The van der Waals surface area contributed by atoms with Crippen LogP contribution in [0.15, 0.2) is 96.7 Å². The van der Waals surface area contributed by atoms with Crippen molar-refractivity contribution in [1.29, 1.82) is 0 Å². The summed E-state index contributed by atoms with van der Waals surface area (Å²) in [5.41, 5.74) is 8.41. The molecular formula is C51H67Br3N2. The molecule has 0 saturated heterocycles. The lowest BCUT2D eigenvalue weighted by molar-refractivity contribution is -0.438. The molecule has 0 amide bonds. The van der Waals surface area contributed by atoms with Gasteiger partial charge in [-0.1, -0.05) is 177 Å². The highest BCUT2D eigenvalue weighted by atomic mass is 79.9. The van der Waals surface area contributed by atoms with E-state index < -0.39 is 0 Å². The zero-order valence-electron chi connectivity index (χ0n) is 34.8. The van der Waals surface area contributed by atoms with Crippen LogP contribution in [0, 0.1) is 0 Å². The molecule has 0 atom stereocenters. The fourth-order valence-corrected chi connectivity index (χ4v) is 10.4. The highest BCUT2D eigenvalue weighted by molar-refractivity contribution is 9.09. The number of nitrogens with zero attached hydrogens (tertiary/aromatic N) is 2. The smallest absolute Gasteiger partial charge is 0.210 e. The molecule has 6 rings (SSSR count). The van der Waals surface area contributed by atoms with Gasteiger partial charge in [-0.05, 0) is 84.8 Å². The lowest BCUT2D eigenvalue weighted by atomic mass is 9.79. The molecule has 0 N–H and O–H groups in total. The minimum atomic E-state index is -0.0983. The summed E-state index contributed by atoms with van der Waals surface area (Å²) in [6.07, 6.45) is 28.6. The molecule has 0 saturated carbocycles. The van der Waals surface area contributed by atoms with E-state index in [0.717, 1.165) is 23.7 Å². The monoisotopic (exact) mass is 944 g/mol. The summed E-state index contributed by atoms with van der Waals surface area (Å²) in [4.78, 5) is 2.67. The number of fused-ring (bicyclic) bond motifs is 6. The number of hydrogen-bond acceptors (Lipinski definition) is 1. The van der Waals surface area contributed by atoms with Crippen molar-refractivity contribution in [2.45, 2.75) is 141 Å². The number of benzene rings is 4. The average molecular weight is 948 g/mol. The molecular weight excluding hydrogens is 880 g/mol. The van der Waals surface area contributed by atoms with Crippen LogP contribution in [-0.2, 0) is 10.8 Å². The molecule has 5 heteroatoms. The quantitative estimate of drug-likeness (QED) is 0.0432. The number of hydrogen-bond donors (Lipinski definition) is 0. The van der Waals surface area contributed by atoms with E-state index in [0.29, 0.717) is 0 Å². The Bertz CT molecular complexity index is 1970. The van der Waals surface area contributed by atoms with Gasteiger partial charge < -0.3 is 21.9 Å². The normalized spacial score (nSPS) is 16.4. The van der Waals surface area contributed by atoms with Gasteiger partial charge in [0, 0.05) is 58.1 Å². The van der Waals surface area contributed by atoms with Crippen molar-refractivity contribution in [3.05, 3.63) is 108 Å². The second-order valence-electron chi connectivity index (χ2n) is 17.2. The van der Waals surface area contributed by atoms with Crippen LogP contribution in [0.1, 0.15) is 142 Å². The van der Waals surface area contributed by atoms with Gasteiger partial charge in [-0.3, -0.25) is 0 Å². The Hall–Kier alpha value is -2.21. The summed E-state index contributed by atoms with van der Waals surface area (Å²) >= 11 is 7.16. The Kier molecular flexibility index (Phi) is 17.4. The van der Waals surface area contributed by atoms with Gasteiger partial charge in [0.15, 0.2) is 5.71 Å². The Labute approximate surface area is 367 Å². The Morgan fingerprint density at radius 3 is 1.64 bits per heavy atom. The van der Waals surface area contributed by atoms with Crippen LogP contribution in [0.2, 0.25) is 0 Å². The molecule has 2 heterocycles. The van der Waals surface area contributed by atoms with Gasteiger partial charge in [0.1, 0.15) is 6.54 Å². The topological polar surface area (TPSA) is 6.25 Å². The highest BCUT2D eigenvalue weighted by Crippen LogP contribution is 2.51. The minimum Gasteiger partial charge on any atom is -1.00 e. The highest BCUT2D eigenvalue weighted by Gasteiger charge is 2.45. The van der Waals surface area contributed by atoms with Crippen molar-refractivity contribution in [3.63, 3.8) is 0 Å². The molecule has 0 fully saturated rings. The molecule has 0 unspecified atom stereocenters. The number of alkyl halides is 2. The van der Waals surface area contributed by atoms with Crippen LogP contribution in [0.3, 0.4) is 0 Å². The maximum Gasteiger partial charge on any atom is 0.210 e. The van der Waals surface area contributed by atoms with Gasteiger partial charge in [0.05, 0.1) is 5.41 Å². The van der Waals surface area contributed by atoms with Crippen molar-refractivity contribution >= 4 is 70.5 Å². The summed E-state index contributed by atoms with van der Waals surface area (Å²) in [6, 6.07) is 27.5. The molecule has 2 nitrogen and oxygen atoms in total. The summed E-state index contributed by atoms with van der Waals surface area (Å²) < 4.78 is 2.67. The molecule has 4 aromatic rings. The van der Waals surface area contributed by atoms with Gasteiger partial charge >= 0.3 is 0 Å². The molecule has 2 aliphatic heterocycles. The molecule has 56 heavy (non-hydrogen) atoms. The first-order valence-corrected chi connectivity index (χ1v) is 24.0. The van der Waals surface area contributed by atoms with E-state index in [-0.39, 0.29) is 27.8 Å². The number of anilines is 1. The fraction of sp³-hybridized carbons (Fsp3) is 0.510.